The zero-order chi connectivity index (χ0) is 16.7. The average Bonchev–Trinajstić information content (AvgIpc) is 3.02. The lowest BCUT2D eigenvalue weighted by atomic mass is 10.1. The quantitative estimate of drug-likeness (QED) is 0.528. The predicted molar refractivity (Wildman–Crippen MR) is 75.3 cm³/mol. The van der Waals surface area contributed by atoms with Crippen molar-refractivity contribution in [1.29, 1.82) is 0 Å². The molecule has 126 valence electrons. The number of fused-ring (bicyclic) bond motifs is 1. The number of ether oxygens (including phenoxy) is 1. The molecule has 0 aliphatic carbocycles. The van der Waals surface area contributed by atoms with Gasteiger partial charge >= 0.3 is 0 Å². The molecular formula is C11H13F2N5O4S. The van der Waals surface area contributed by atoms with Gasteiger partial charge in [0, 0.05) is 0 Å². The maximum Gasteiger partial charge on any atom is 0.287 e. The third-order valence-corrected chi connectivity index (χ3v) is 4.21. The number of hydrogen-bond acceptors (Lipinski definition) is 9. The number of alkyl halides is 2. The fourth-order valence-electron chi connectivity index (χ4n) is 2.39. The van der Waals surface area contributed by atoms with Gasteiger partial charge in [-0.15, -0.1) is 0 Å². The number of hydrogen-bond donors (Lipinski definition) is 4. The lowest BCUT2D eigenvalue weighted by Gasteiger charge is -2.20. The maximum absolute atomic E-state index is 12.3. The Morgan fingerprint density at radius 1 is 1.26 bits per heavy atom. The Kier molecular flexibility index (Phi) is 4.33. The van der Waals surface area contributed by atoms with Crippen LogP contribution in [0.3, 0.4) is 0 Å². The van der Waals surface area contributed by atoms with E-state index in [1.807, 2.05) is 0 Å². The van der Waals surface area contributed by atoms with E-state index < -0.39 is 35.7 Å². The van der Waals surface area contributed by atoms with E-state index in [1.165, 1.54) is 17.2 Å². The van der Waals surface area contributed by atoms with Gasteiger partial charge < -0.3 is 25.8 Å². The Hall–Kier alpha value is -1.60. The predicted octanol–water partition coefficient (Wildman–Crippen LogP) is -0.698. The second-order valence-electron chi connectivity index (χ2n) is 4.84. The number of thioether (sulfide) groups is 1. The number of aliphatic hydroxyl groups excluding tert-OH is 3. The van der Waals surface area contributed by atoms with Crippen LogP contribution in [0.1, 0.15) is 6.23 Å². The van der Waals surface area contributed by atoms with Gasteiger partial charge in [-0.3, -0.25) is 4.57 Å². The van der Waals surface area contributed by atoms with Gasteiger partial charge in [-0.1, -0.05) is 11.8 Å². The minimum absolute atomic E-state index is 0.0816. The fourth-order valence-corrected chi connectivity index (χ4v) is 2.98. The van der Waals surface area contributed by atoms with Crippen LogP contribution in [0.25, 0.3) is 11.2 Å². The summed E-state index contributed by atoms with van der Waals surface area (Å²) in [6.45, 7) is 0. The maximum atomic E-state index is 12.3. The molecular weight excluding hydrogens is 336 g/mol. The molecule has 1 unspecified atom stereocenters. The van der Waals surface area contributed by atoms with Crippen molar-refractivity contribution in [3.8, 4) is 0 Å². The van der Waals surface area contributed by atoms with Crippen LogP contribution in [-0.4, -0.2) is 64.3 Å². The van der Waals surface area contributed by atoms with Crippen molar-refractivity contribution >= 4 is 28.7 Å². The highest BCUT2D eigenvalue weighted by Crippen LogP contribution is 2.36. The number of rotatable bonds is 4. The number of anilines is 1. The Bertz CT molecular complexity index is 704. The number of nitrogens with zero attached hydrogens (tertiary/aromatic N) is 4. The van der Waals surface area contributed by atoms with Crippen LogP contribution in [0.2, 0.25) is 0 Å². The standard InChI is InChI=1S/C11H13F2N5O4S/c12-11(13)23-10(21)6-4(19)5(20)9(22-6)18-2-17-3-7(14)15-1-16-8(3)18/h1-2,4-6,9-11,19-21H,(H2,14,15,16)/t4-,5+,6-,9+,10?/m0/s1. The van der Waals surface area contributed by atoms with E-state index in [-0.39, 0.29) is 28.7 Å². The summed E-state index contributed by atoms with van der Waals surface area (Å²) in [5.74, 6) is -2.73. The zero-order valence-corrected chi connectivity index (χ0v) is 12.2. The summed E-state index contributed by atoms with van der Waals surface area (Å²) in [4.78, 5) is 11.7. The number of nitrogens with two attached hydrogens (primary N) is 1. The van der Waals surface area contributed by atoms with E-state index in [2.05, 4.69) is 15.0 Å². The summed E-state index contributed by atoms with van der Waals surface area (Å²) in [6, 6.07) is 0. The second-order valence-corrected chi connectivity index (χ2v) is 5.95. The van der Waals surface area contributed by atoms with Crippen LogP contribution >= 0.6 is 11.8 Å². The molecule has 0 saturated carbocycles. The molecule has 0 spiro atoms. The van der Waals surface area contributed by atoms with E-state index >= 15 is 0 Å². The molecule has 3 heterocycles. The monoisotopic (exact) mass is 349 g/mol. The molecule has 5 atom stereocenters. The fraction of sp³-hybridized carbons (Fsp3) is 0.545. The molecule has 0 aromatic carbocycles. The topological polar surface area (TPSA) is 140 Å². The van der Waals surface area contributed by atoms with Crippen LogP contribution in [-0.2, 0) is 4.74 Å². The third kappa shape index (κ3) is 2.83. The molecule has 0 amide bonds. The Labute approximate surface area is 132 Å². The van der Waals surface area contributed by atoms with Gasteiger partial charge in [-0.05, 0) is 0 Å². The molecule has 2 aromatic rings. The Morgan fingerprint density at radius 3 is 2.70 bits per heavy atom. The van der Waals surface area contributed by atoms with E-state index in [1.54, 1.807) is 0 Å². The highest BCUT2D eigenvalue weighted by atomic mass is 32.2. The first kappa shape index (κ1) is 16.3. The van der Waals surface area contributed by atoms with Crippen molar-refractivity contribution in [2.24, 2.45) is 0 Å². The second kappa shape index (κ2) is 6.13. The Morgan fingerprint density at radius 2 is 2.00 bits per heavy atom. The molecule has 1 aliphatic rings. The Balaban J connectivity index is 1.89. The zero-order valence-electron chi connectivity index (χ0n) is 11.4. The first-order valence-electron chi connectivity index (χ1n) is 6.46. The molecule has 2 aromatic heterocycles. The van der Waals surface area contributed by atoms with Gasteiger partial charge in [0.05, 0.1) is 6.33 Å². The summed E-state index contributed by atoms with van der Waals surface area (Å²) >= 11 is -0.0816. The lowest BCUT2D eigenvalue weighted by molar-refractivity contribution is -0.0600. The van der Waals surface area contributed by atoms with Crippen molar-refractivity contribution < 1.29 is 28.8 Å². The SMILES string of the molecule is Nc1ncnc2c1ncn2[C@@H]1O[C@H](C(O)SC(F)F)[C@@H](O)[C@H]1O. The van der Waals surface area contributed by atoms with Gasteiger partial charge in [0.1, 0.15) is 35.6 Å². The van der Waals surface area contributed by atoms with Gasteiger partial charge in [-0.25, -0.2) is 15.0 Å². The van der Waals surface area contributed by atoms with Gasteiger partial charge in [0.2, 0.25) is 0 Å². The van der Waals surface area contributed by atoms with Crippen molar-refractivity contribution in [1.82, 2.24) is 19.5 Å². The van der Waals surface area contributed by atoms with Crippen molar-refractivity contribution in [3.63, 3.8) is 0 Å². The van der Waals surface area contributed by atoms with E-state index in [9.17, 15) is 24.1 Å². The highest BCUT2D eigenvalue weighted by molar-refractivity contribution is 8.00. The summed E-state index contributed by atoms with van der Waals surface area (Å²) in [6.07, 6.45) is -3.13. The van der Waals surface area contributed by atoms with Crippen molar-refractivity contribution in [3.05, 3.63) is 12.7 Å². The van der Waals surface area contributed by atoms with E-state index in [0.29, 0.717) is 0 Å². The summed E-state index contributed by atoms with van der Waals surface area (Å²) in [5.41, 5.74) is 4.45. The summed E-state index contributed by atoms with van der Waals surface area (Å²) < 4.78 is 31.3. The van der Waals surface area contributed by atoms with Gasteiger partial charge in [0.25, 0.3) is 5.76 Å². The molecule has 0 bridgehead atoms. The number of aliphatic hydroxyl groups is 3. The molecule has 12 heteroatoms. The average molecular weight is 349 g/mol. The number of nitrogen functional groups attached to an aromatic ring is 1. The van der Waals surface area contributed by atoms with E-state index in [0.717, 1.165) is 0 Å². The smallest absolute Gasteiger partial charge is 0.287 e. The lowest BCUT2D eigenvalue weighted by Crippen LogP contribution is -2.37. The van der Waals surface area contributed by atoms with Crippen LogP contribution in [0, 0.1) is 0 Å². The van der Waals surface area contributed by atoms with Crippen LogP contribution in [0.15, 0.2) is 12.7 Å². The largest absolute Gasteiger partial charge is 0.387 e. The van der Waals surface area contributed by atoms with Crippen molar-refractivity contribution in [2.45, 2.75) is 35.7 Å². The normalized spacial score (nSPS) is 29.5. The van der Waals surface area contributed by atoms with Crippen LogP contribution < -0.4 is 5.73 Å². The van der Waals surface area contributed by atoms with Crippen LogP contribution in [0.5, 0.6) is 0 Å². The minimum Gasteiger partial charge on any atom is -0.387 e. The first-order chi connectivity index (χ1) is 10.9. The third-order valence-electron chi connectivity index (χ3n) is 3.46. The summed E-state index contributed by atoms with van der Waals surface area (Å²) in [7, 11) is 0. The minimum atomic E-state index is -2.85. The van der Waals surface area contributed by atoms with E-state index in [4.69, 9.17) is 10.5 Å². The number of aromatic nitrogens is 4. The summed E-state index contributed by atoms with van der Waals surface area (Å²) in [5, 5.41) is 29.8. The number of imidazole rings is 1. The first-order valence-corrected chi connectivity index (χ1v) is 7.40. The molecule has 1 saturated heterocycles. The molecule has 9 nitrogen and oxygen atoms in total. The molecule has 3 rings (SSSR count). The van der Waals surface area contributed by atoms with Crippen LogP contribution in [0.4, 0.5) is 14.6 Å². The van der Waals surface area contributed by atoms with Gasteiger partial charge in [-0.2, -0.15) is 8.78 Å². The van der Waals surface area contributed by atoms with Gasteiger partial charge in [0.15, 0.2) is 17.7 Å². The van der Waals surface area contributed by atoms with Crippen molar-refractivity contribution in [2.75, 3.05) is 5.73 Å². The molecule has 5 N–H and O–H groups in total. The highest BCUT2D eigenvalue weighted by Gasteiger charge is 2.48. The number of halogens is 2. The molecule has 0 radical (unpaired) electrons. The molecule has 23 heavy (non-hydrogen) atoms. The molecule has 1 aliphatic heterocycles. The molecule has 1 fully saturated rings.